The maximum Gasteiger partial charge on any atom is 0.274 e. The standard InChI is InChI=1S/C19H24N4O/c1-3-15-7-9-16(10-8-15)22-19(24)17-13-18(21-14(2)20-17)23-11-5-4-6-12-23/h7-10,13H,3-6,11-12H2,1-2H3,(H,22,24). The van der Waals surface area contributed by atoms with Crippen LogP contribution in [0.1, 0.15) is 48.1 Å². The summed E-state index contributed by atoms with van der Waals surface area (Å²) in [7, 11) is 0. The fraction of sp³-hybridized carbons (Fsp3) is 0.421. The molecule has 0 unspecified atom stereocenters. The highest BCUT2D eigenvalue weighted by molar-refractivity contribution is 6.03. The lowest BCUT2D eigenvalue weighted by molar-refractivity contribution is 0.102. The highest BCUT2D eigenvalue weighted by atomic mass is 16.1. The van der Waals surface area contributed by atoms with Crippen molar-refractivity contribution in [2.75, 3.05) is 23.3 Å². The van der Waals surface area contributed by atoms with Gasteiger partial charge in [-0.2, -0.15) is 0 Å². The van der Waals surface area contributed by atoms with Crippen molar-refractivity contribution in [1.29, 1.82) is 0 Å². The number of rotatable bonds is 4. The van der Waals surface area contributed by atoms with Gasteiger partial charge in [0.15, 0.2) is 0 Å². The van der Waals surface area contributed by atoms with Gasteiger partial charge in [-0.1, -0.05) is 19.1 Å². The Morgan fingerprint density at radius 2 is 1.83 bits per heavy atom. The van der Waals surface area contributed by atoms with Gasteiger partial charge < -0.3 is 10.2 Å². The van der Waals surface area contributed by atoms with Gasteiger partial charge >= 0.3 is 0 Å². The van der Waals surface area contributed by atoms with Crippen molar-refractivity contribution in [2.45, 2.75) is 39.5 Å². The maximum atomic E-state index is 12.5. The van der Waals surface area contributed by atoms with E-state index in [-0.39, 0.29) is 5.91 Å². The summed E-state index contributed by atoms with van der Waals surface area (Å²) in [5, 5.41) is 2.92. The third-order valence-corrected chi connectivity index (χ3v) is 4.36. The Hall–Kier alpha value is -2.43. The van der Waals surface area contributed by atoms with E-state index in [1.807, 2.05) is 31.2 Å². The number of aromatic nitrogens is 2. The van der Waals surface area contributed by atoms with Crippen molar-refractivity contribution >= 4 is 17.4 Å². The molecule has 2 aromatic rings. The SMILES string of the molecule is CCc1ccc(NC(=O)c2cc(N3CCCCC3)nc(C)n2)cc1. The average molecular weight is 324 g/mol. The number of aryl methyl sites for hydroxylation is 2. The summed E-state index contributed by atoms with van der Waals surface area (Å²) in [5.74, 6) is 1.29. The van der Waals surface area contributed by atoms with Crippen LogP contribution in [0.4, 0.5) is 11.5 Å². The predicted octanol–water partition coefficient (Wildman–Crippen LogP) is 3.59. The van der Waals surface area contributed by atoms with Crippen molar-refractivity contribution in [3.63, 3.8) is 0 Å². The Labute approximate surface area is 143 Å². The number of nitrogens with one attached hydrogen (secondary N) is 1. The van der Waals surface area contributed by atoms with Crippen molar-refractivity contribution < 1.29 is 4.79 Å². The number of benzene rings is 1. The maximum absolute atomic E-state index is 12.5. The predicted molar refractivity (Wildman–Crippen MR) is 96.6 cm³/mol. The van der Waals surface area contributed by atoms with E-state index in [0.29, 0.717) is 11.5 Å². The number of carbonyl (C=O) groups is 1. The highest BCUT2D eigenvalue weighted by Gasteiger charge is 2.16. The van der Waals surface area contributed by atoms with E-state index in [2.05, 4.69) is 27.1 Å². The number of carbonyl (C=O) groups excluding carboxylic acids is 1. The van der Waals surface area contributed by atoms with Crippen molar-refractivity contribution in [3.05, 3.63) is 47.4 Å². The lowest BCUT2D eigenvalue weighted by atomic mass is 10.1. The van der Waals surface area contributed by atoms with Gasteiger partial charge in [0.05, 0.1) is 0 Å². The summed E-state index contributed by atoms with van der Waals surface area (Å²) >= 11 is 0. The van der Waals surface area contributed by atoms with Gasteiger partial charge in [-0.15, -0.1) is 0 Å². The van der Waals surface area contributed by atoms with Gasteiger partial charge in [0.2, 0.25) is 0 Å². The molecule has 1 saturated heterocycles. The highest BCUT2D eigenvalue weighted by Crippen LogP contribution is 2.19. The van der Waals surface area contributed by atoms with E-state index in [9.17, 15) is 4.79 Å². The summed E-state index contributed by atoms with van der Waals surface area (Å²) in [6, 6.07) is 9.71. The minimum absolute atomic E-state index is 0.192. The van der Waals surface area contributed by atoms with Crippen LogP contribution in [-0.2, 0) is 6.42 Å². The van der Waals surface area contributed by atoms with E-state index in [0.717, 1.165) is 31.0 Å². The minimum atomic E-state index is -0.192. The molecule has 5 heteroatoms. The zero-order valence-corrected chi connectivity index (χ0v) is 14.4. The molecule has 2 heterocycles. The molecule has 126 valence electrons. The Morgan fingerprint density at radius 3 is 2.50 bits per heavy atom. The molecule has 0 radical (unpaired) electrons. The molecule has 0 atom stereocenters. The monoisotopic (exact) mass is 324 g/mol. The number of anilines is 2. The zero-order chi connectivity index (χ0) is 16.9. The Balaban J connectivity index is 1.77. The zero-order valence-electron chi connectivity index (χ0n) is 14.4. The lowest BCUT2D eigenvalue weighted by Crippen LogP contribution is -2.31. The molecule has 0 bridgehead atoms. The average Bonchev–Trinajstić information content (AvgIpc) is 2.62. The Morgan fingerprint density at radius 1 is 1.12 bits per heavy atom. The van der Waals surface area contributed by atoms with Crippen LogP contribution in [0, 0.1) is 6.92 Å². The van der Waals surface area contributed by atoms with Gasteiger partial charge in [0.25, 0.3) is 5.91 Å². The smallest absolute Gasteiger partial charge is 0.274 e. The lowest BCUT2D eigenvalue weighted by Gasteiger charge is -2.28. The molecule has 0 aliphatic carbocycles. The molecule has 1 aliphatic heterocycles. The Kier molecular flexibility index (Phi) is 5.08. The largest absolute Gasteiger partial charge is 0.356 e. The van der Waals surface area contributed by atoms with Gasteiger partial charge in [-0.05, 0) is 50.3 Å². The summed E-state index contributed by atoms with van der Waals surface area (Å²) in [5.41, 5.74) is 2.45. The summed E-state index contributed by atoms with van der Waals surface area (Å²) in [6.07, 6.45) is 4.60. The normalized spacial score (nSPS) is 14.5. The number of hydrogen-bond donors (Lipinski definition) is 1. The number of piperidine rings is 1. The fourth-order valence-corrected chi connectivity index (χ4v) is 2.97. The van der Waals surface area contributed by atoms with E-state index >= 15 is 0 Å². The second-order valence-corrected chi connectivity index (χ2v) is 6.21. The first-order valence-corrected chi connectivity index (χ1v) is 8.66. The topological polar surface area (TPSA) is 58.1 Å². The summed E-state index contributed by atoms with van der Waals surface area (Å²) in [6.45, 7) is 5.94. The van der Waals surface area contributed by atoms with Crippen LogP contribution in [0.25, 0.3) is 0 Å². The van der Waals surface area contributed by atoms with E-state index < -0.39 is 0 Å². The molecular weight excluding hydrogens is 300 g/mol. The first-order valence-electron chi connectivity index (χ1n) is 8.66. The van der Waals surface area contributed by atoms with Crippen LogP contribution in [0.5, 0.6) is 0 Å². The van der Waals surface area contributed by atoms with E-state index in [4.69, 9.17) is 0 Å². The van der Waals surface area contributed by atoms with E-state index in [1.165, 1.54) is 24.8 Å². The Bertz CT molecular complexity index is 706. The molecule has 0 spiro atoms. The molecule has 0 saturated carbocycles. The molecule has 1 fully saturated rings. The van der Waals surface area contributed by atoms with E-state index in [1.54, 1.807) is 6.07 Å². The third-order valence-electron chi connectivity index (χ3n) is 4.36. The van der Waals surface area contributed by atoms with Crippen molar-refractivity contribution in [2.24, 2.45) is 0 Å². The van der Waals surface area contributed by atoms with Crippen LogP contribution in [-0.4, -0.2) is 29.0 Å². The minimum Gasteiger partial charge on any atom is -0.356 e. The summed E-state index contributed by atoms with van der Waals surface area (Å²) in [4.78, 5) is 23.6. The molecule has 1 amide bonds. The second kappa shape index (κ2) is 7.43. The van der Waals surface area contributed by atoms with Crippen LogP contribution in [0.2, 0.25) is 0 Å². The van der Waals surface area contributed by atoms with Gasteiger partial charge in [-0.25, -0.2) is 9.97 Å². The third kappa shape index (κ3) is 3.91. The molecule has 24 heavy (non-hydrogen) atoms. The second-order valence-electron chi connectivity index (χ2n) is 6.21. The molecule has 3 rings (SSSR count). The quantitative estimate of drug-likeness (QED) is 0.934. The van der Waals surface area contributed by atoms with Gasteiger partial charge in [0.1, 0.15) is 17.3 Å². The number of amides is 1. The molecule has 1 aromatic carbocycles. The first-order chi connectivity index (χ1) is 11.7. The fourth-order valence-electron chi connectivity index (χ4n) is 2.97. The van der Waals surface area contributed by atoms with Crippen LogP contribution < -0.4 is 10.2 Å². The van der Waals surface area contributed by atoms with Gasteiger partial charge in [0, 0.05) is 24.8 Å². The van der Waals surface area contributed by atoms with Gasteiger partial charge in [-0.3, -0.25) is 4.79 Å². The number of hydrogen-bond acceptors (Lipinski definition) is 4. The van der Waals surface area contributed by atoms with Crippen LogP contribution >= 0.6 is 0 Å². The van der Waals surface area contributed by atoms with Crippen molar-refractivity contribution in [1.82, 2.24) is 9.97 Å². The van der Waals surface area contributed by atoms with Crippen LogP contribution in [0.3, 0.4) is 0 Å². The molecule has 1 N–H and O–H groups in total. The molecule has 1 aromatic heterocycles. The number of nitrogens with zero attached hydrogens (tertiary/aromatic N) is 3. The van der Waals surface area contributed by atoms with Crippen molar-refractivity contribution in [3.8, 4) is 0 Å². The first kappa shape index (κ1) is 16.4. The van der Waals surface area contributed by atoms with Crippen LogP contribution in [0.15, 0.2) is 30.3 Å². The molecular formula is C19H24N4O. The summed E-state index contributed by atoms with van der Waals surface area (Å²) < 4.78 is 0. The molecule has 1 aliphatic rings. The molecule has 5 nitrogen and oxygen atoms in total.